The Hall–Kier alpha value is -1.33. The molecule has 1 aromatic rings. The Morgan fingerprint density at radius 2 is 2.15 bits per heavy atom. The maximum atomic E-state index is 12.7. The maximum Gasteiger partial charge on any atom is 0.245 e. The van der Waals surface area contributed by atoms with Crippen molar-refractivity contribution >= 4 is 23.2 Å². The molecule has 108 valence electrons. The van der Waals surface area contributed by atoms with Crippen molar-refractivity contribution in [2.24, 2.45) is 0 Å². The molecule has 0 aromatic carbocycles. The number of hydrogen-bond acceptors (Lipinski definition) is 4. The van der Waals surface area contributed by atoms with Gasteiger partial charge in [0.1, 0.15) is 6.04 Å². The molecule has 1 unspecified atom stereocenters. The lowest BCUT2D eigenvalue weighted by Crippen LogP contribution is -2.52. The van der Waals surface area contributed by atoms with E-state index in [2.05, 4.69) is 15.2 Å². The third-order valence-electron chi connectivity index (χ3n) is 4.03. The summed E-state index contributed by atoms with van der Waals surface area (Å²) in [5.41, 5.74) is 0.924. The van der Waals surface area contributed by atoms with Crippen molar-refractivity contribution in [2.75, 3.05) is 37.6 Å². The van der Waals surface area contributed by atoms with Gasteiger partial charge in [0, 0.05) is 45.1 Å². The van der Waals surface area contributed by atoms with Crippen LogP contribution < -0.4 is 10.2 Å². The molecule has 2 saturated heterocycles. The van der Waals surface area contributed by atoms with Crippen LogP contribution in [0.2, 0.25) is 5.02 Å². The monoisotopic (exact) mass is 294 g/mol. The number of halogens is 1. The van der Waals surface area contributed by atoms with Gasteiger partial charge in [-0.15, -0.1) is 0 Å². The molecular weight excluding hydrogens is 276 g/mol. The van der Waals surface area contributed by atoms with Crippen LogP contribution in [0, 0.1) is 0 Å². The van der Waals surface area contributed by atoms with Gasteiger partial charge in [-0.05, 0) is 18.9 Å². The van der Waals surface area contributed by atoms with E-state index in [0.29, 0.717) is 5.02 Å². The maximum absolute atomic E-state index is 12.7. The Balaban J connectivity index is 1.78. The van der Waals surface area contributed by atoms with E-state index in [1.807, 2.05) is 11.0 Å². The molecule has 0 radical (unpaired) electrons. The lowest BCUT2D eigenvalue weighted by atomic mass is 10.1. The highest BCUT2D eigenvalue weighted by Crippen LogP contribution is 2.31. The van der Waals surface area contributed by atoms with Crippen LogP contribution in [0.3, 0.4) is 0 Å². The Labute approximate surface area is 123 Å². The van der Waals surface area contributed by atoms with Crippen LogP contribution >= 0.6 is 11.6 Å². The van der Waals surface area contributed by atoms with Gasteiger partial charge in [-0.3, -0.25) is 9.78 Å². The number of pyridine rings is 1. The Bertz CT molecular complexity index is 490. The highest BCUT2D eigenvalue weighted by molar-refractivity contribution is 6.33. The minimum absolute atomic E-state index is 0.0759. The molecule has 20 heavy (non-hydrogen) atoms. The predicted octanol–water partition coefficient (Wildman–Crippen LogP) is 1.14. The number of hydrogen-bond donors (Lipinski definition) is 1. The molecule has 0 saturated carbocycles. The third-order valence-corrected chi connectivity index (χ3v) is 4.32. The normalized spacial score (nSPS) is 23.1. The van der Waals surface area contributed by atoms with Gasteiger partial charge in [-0.2, -0.15) is 0 Å². The van der Waals surface area contributed by atoms with Crippen LogP contribution in [-0.4, -0.2) is 54.6 Å². The second-order valence-corrected chi connectivity index (χ2v) is 5.66. The number of amides is 1. The molecule has 3 heterocycles. The second-order valence-electron chi connectivity index (χ2n) is 5.25. The van der Waals surface area contributed by atoms with E-state index in [4.69, 9.17) is 11.6 Å². The van der Waals surface area contributed by atoms with E-state index in [9.17, 15) is 4.79 Å². The number of anilines is 1. The first-order chi connectivity index (χ1) is 9.77. The van der Waals surface area contributed by atoms with Crippen molar-refractivity contribution in [2.45, 2.75) is 18.9 Å². The van der Waals surface area contributed by atoms with Crippen LogP contribution in [0.15, 0.2) is 18.5 Å². The molecular formula is C14H19ClN4O. The summed E-state index contributed by atoms with van der Waals surface area (Å²) >= 11 is 6.22. The zero-order chi connectivity index (χ0) is 13.9. The van der Waals surface area contributed by atoms with Gasteiger partial charge in [0.25, 0.3) is 0 Å². The van der Waals surface area contributed by atoms with Crippen LogP contribution in [0.4, 0.5) is 5.69 Å². The molecule has 1 atom stereocenters. The average molecular weight is 295 g/mol. The smallest absolute Gasteiger partial charge is 0.245 e. The van der Waals surface area contributed by atoms with Gasteiger partial charge in [0.15, 0.2) is 0 Å². The highest BCUT2D eigenvalue weighted by atomic mass is 35.5. The molecule has 1 amide bonds. The number of aromatic nitrogens is 1. The molecule has 2 aliphatic heterocycles. The fourth-order valence-electron chi connectivity index (χ4n) is 3.01. The quantitative estimate of drug-likeness (QED) is 0.888. The van der Waals surface area contributed by atoms with Gasteiger partial charge in [-0.1, -0.05) is 11.6 Å². The largest absolute Gasteiger partial charge is 0.358 e. The molecule has 1 aromatic heterocycles. The first-order valence-corrected chi connectivity index (χ1v) is 7.51. The zero-order valence-corrected chi connectivity index (χ0v) is 12.1. The number of carbonyl (C=O) groups is 1. The summed E-state index contributed by atoms with van der Waals surface area (Å²) in [5.74, 6) is 0.233. The van der Waals surface area contributed by atoms with Gasteiger partial charge in [0.2, 0.25) is 5.91 Å². The number of carbonyl (C=O) groups excluding carboxylic acids is 1. The Morgan fingerprint density at radius 1 is 1.35 bits per heavy atom. The average Bonchev–Trinajstić information content (AvgIpc) is 2.97. The van der Waals surface area contributed by atoms with Crippen LogP contribution in [0.5, 0.6) is 0 Å². The van der Waals surface area contributed by atoms with E-state index < -0.39 is 0 Å². The summed E-state index contributed by atoms with van der Waals surface area (Å²) in [6, 6.07) is 1.82. The summed E-state index contributed by atoms with van der Waals surface area (Å²) in [6.07, 6.45) is 5.30. The molecule has 6 heteroatoms. The van der Waals surface area contributed by atoms with Crippen molar-refractivity contribution < 1.29 is 4.79 Å². The van der Waals surface area contributed by atoms with E-state index in [-0.39, 0.29) is 11.9 Å². The zero-order valence-electron chi connectivity index (χ0n) is 11.4. The lowest BCUT2D eigenvalue weighted by molar-refractivity contribution is -0.132. The highest BCUT2D eigenvalue weighted by Gasteiger charge is 2.34. The lowest BCUT2D eigenvalue weighted by Gasteiger charge is -2.34. The number of rotatable bonds is 2. The number of nitrogens with zero attached hydrogens (tertiary/aromatic N) is 3. The number of piperazine rings is 1. The fraction of sp³-hybridized carbons (Fsp3) is 0.571. The van der Waals surface area contributed by atoms with Crippen LogP contribution in [0.1, 0.15) is 12.8 Å². The topological polar surface area (TPSA) is 48.5 Å². The second kappa shape index (κ2) is 5.97. The SMILES string of the molecule is O=C(C1CCCN1c1ccncc1Cl)N1CCNCC1. The minimum Gasteiger partial charge on any atom is -0.358 e. The van der Waals surface area contributed by atoms with Crippen molar-refractivity contribution in [1.29, 1.82) is 0 Å². The number of nitrogens with one attached hydrogen (secondary N) is 1. The van der Waals surface area contributed by atoms with Crippen LogP contribution in [-0.2, 0) is 4.79 Å². The third kappa shape index (κ3) is 2.60. The molecule has 2 aliphatic rings. The molecule has 3 rings (SSSR count). The van der Waals surface area contributed by atoms with E-state index >= 15 is 0 Å². The Kier molecular flexibility index (Phi) is 4.08. The van der Waals surface area contributed by atoms with Crippen molar-refractivity contribution in [3.8, 4) is 0 Å². The van der Waals surface area contributed by atoms with Gasteiger partial charge in [-0.25, -0.2) is 0 Å². The van der Waals surface area contributed by atoms with Crippen molar-refractivity contribution in [3.05, 3.63) is 23.5 Å². The van der Waals surface area contributed by atoms with E-state index in [1.165, 1.54) is 0 Å². The first-order valence-electron chi connectivity index (χ1n) is 7.13. The summed E-state index contributed by atoms with van der Waals surface area (Å²) in [7, 11) is 0. The molecule has 0 bridgehead atoms. The first kappa shape index (κ1) is 13.6. The molecule has 2 fully saturated rings. The van der Waals surface area contributed by atoms with Crippen LogP contribution in [0.25, 0.3) is 0 Å². The molecule has 1 N–H and O–H groups in total. The van der Waals surface area contributed by atoms with E-state index in [1.54, 1.807) is 12.4 Å². The summed E-state index contributed by atoms with van der Waals surface area (Å²) in [4.78, 5) is 20.8. The predicted molar refractivity (Wildman–Crippen MR) is 79.1 cm³/mol. The molecule has 0 aliphatic carbocycles. The fourth-order valence-corrected chi connectivity index (χ4v) is 3.24. The van der Waals surface area contributed by atoms with Gasteiger partial charge >= 0.3 is 0 Å². The molecule has 5 nitrogen and oxygen atoms in total. The van der Waals surface area contributed by atoms with Gasteiger partial charge < -0.3 is 15.1 Å². The molecule has 0 spiro atoms. The minimum atomic E-state index is -0.0759. The summed E-state index contributed by atoms with van der Waals surface area (Å²) < 4.78 is 0. The van der Waals surface area contributed by atoms with Gasteiger partial charge in [0.05, 0.1) is 10.7 Å². The Morgan fingerprint density at radius 3 is 2.90 bits per heavy atom. The standard InChI is InChI=1S/C14H19ClN4O/c15-11-10-17-4-3-12(11)19-7-1-2-13(19)14(20)18-8-5-16-6-9-18/h3-4,10,13,16H,1-2,5-9H2. The van der Waals surface area contributed by atoms with Crippen molar-refractivity contribution in [1.82, 2.24) is 15.2 Å². The summed E-state index contributed by atoms with van der Waals surface area (Å²) in [6.45, 7) is 4.25. The van der Waals surface area contributed by atoms with E-state index in [0.717, 1.165) is 51.3 Å². The summed E-state index contributed by atoms with van der Waals surface area (Å²) in [5, 5.41) is 3.89. The van der Waals surface area contributed by atoms with Crippen molar-refractivity contribution in [3.63, 3.8) is 0 Å².